The smallest absolute Gasteiger partial charge is 0.323 e. The molecule has 0 aliphatic carbocycles. The van der Waals surface area contributed by atoms with Crippen LogP contribution in [0.1, 0.15) is 41.5 Å². The van der Waals surface area contributed by atoms with Crippen molar-refractivity contribution >= 4 is 25.0 Å². The van der Waals surface area contributed by atoms with Crippen molar-refractivity contribution in [2.24, 2.45) is 4.76 Å². The predicted molar refractivity (Wildman–Crippen MR) is 88.5 cm³/mol. The van der Waals surface area contributed by atoms with E-state index in [4.69, 9.17) is 16.7 Å². The molecule has 0 heterocycles. The van der Waals surface area contributed by atoms with Gasteiger partial charge in [-0.2, -0.15) is 0 Å². The number of para-hydroxylation sites is 1. The van der Waals surface area contributed by atoms with Gasteiger partial charge < -0.3 is 4.52 Å². The third-order valence-corrected chi connectivity index (χ3v) is 7.70. The highest BCUT2D eigenvalue weighted by atomic mass is 32.1. The van der Waals surface area contributed by atoms with E-state index in [9.17, 15) is 0 Å². The van der Waals surface area contributed by atoms with Gasteiger partial charge in [-0.1, -0.05) is 18.2 Å². The van der Waals surface area contributed by atoms with Gasteiger partial charge in [0.25, 0.3) is 0 Å². The lowest BCUT2D eigenvalue weighted by molar-refractivity contribution is 0.506. The topological polar surface area (TPSA) is 21.6 Å². The Morgan fingerprint density at radius 3 is 1.84 bits per heavy atom. The van der Waals surface area contributed by atoms with Gasteiger partial charge in [-0.15, -0.1) is 0 Å². The van der Waals surface area contributed by atoms with Crippen LogP contribution in [0.3, 0.4) is 0 Å². The predicted octanol–water partition coefficient (Wildman–Crippen LogP) is 5.61. The number of hydrogen-bond donors (Lipinski definition) is 0. The van der Waals surface area contributed by atoms with E-state index in [-0.39, 0.29) is 10.3 Å². The minimum atomic E-state index is -2.18. The van der Waals surface area contributed by atoms with Gasteiger partial charge in [0.1, 0.15) is 15.5 Å². The van der Waals surface area contributed by atoms with Gasteiger partial charge in [-0.05, 0) is 70.7 Å². The molecule has 0 spiro atoms. The fraction of sp³-hybridized carbons (Fsp3) is 0.533. The van der Waals surface area contributed by atoms with E-state index in [1.807, 2.05) is 30.3 Å². The van der Waals surface area contributed by atoms with Crippen molar-refractivity contribution in [3.8, 4) is 5.75 Å². The van der Waals surface area contributed by atoms with Crippen LogP contribution in [-0.4, -0.2) is 15.5 Å². The normalized spacial score (nSPS) is 12.7. The Balaban J connectivity index is 3.38. The second kappa shape index (κ2) is 5.71. The van der Waals surface area contributed by atoms with Crippen LogP contribution in [0.5, 0.6) is 5.75 Å². The summed E-state index contributed by atoms with van der Waals surface area (Å²) in [5, 5.41) is 2.37. The van der Waals surface area contributed by atoms with Crippen LogP contribution in [0.2, 0.25) is 0 Å². The van der Waals surface area contributed by atoms with Gasteiger partial charge >= 0.3 is 7.64 Å². The van der Waals surface area contributed by atoms with Crippen LogP contribution in [0.25, 0.3) is 0 Å². The molecule has 0 aliphatic heterocycles. The van der Waals surface area contributed by atoms with E-state index in [0.29, 0.717) is 0 Å². The molecule has 0 amide bonds. The van der Waals surface area contributed by atoms with Gasteiger partial charge in [0.15, 0.2) is 5.75 Å². The molecule has 0 N–H and O–H groups in total. The van der Waals surface area contributed by atoms with Gasteiger partial charge in [-0.3, -0.25) is 0 Å². The molecule has 0 fully saturated rings. The van der Waals surface area contributed by atoms with E-state index >= 15 is 0 Å². The number of hydrogen-bond acceptors (Lipinski definition) is 3. The van der Waals surface area contributed by atoms with Crippen molar-refractivity contribution in [2.75, 3.05) is 0 Å². The number of benzene rings is 1. The molecule has 1 aromatic carbocycles. The third kappa shape index (κ3) is 3.42. The number of rotatable bonds is 3. The Hall–Kier alpha value is -0.750. The molecule has 0 aromatic heterocycles. The fourth-order valence-electron chi connectivity index (χ4n) is 2.29. The summed E-state index contributed by atoms with van der Waals surface area (Å²) in [7, 11) is -2.18. The van der Waals surface area contributed by atoms with Crippen molar-refractivity contribution in [3.63, 3.8) is 0 Å². The summed E-state index contributed by atoms with van der Waals surface area (Å²) in [5.41, 5.74) is 0. The highest BCUT2D eigenvalue weighted by Crippen LogP contribution is 2.77. The maximum atomic E-state index is 6.39. The maximum Gasteiger partial charge on any atom is 0.328 e. The Bertz CT molecular complexity index is 453. The second-order valence-corrected chi connectivity index (χ2v) is 10.9. The summed E-state index contributed by atoms with van der Waals surface area (Å²) in [4.78, 5) is 0. The van der Waals surface area contributed by atoms with Crippen molar-refractivity contribution in [2.45, 2.75) is 51.9 Å². The standard InChI is InChI=1S/C15H23NOPS/c1-14(2,3)18(16-12-19,15(4,5)6)17-13-10-8-7-9-11-13/h7-11H,1-6H3/q+1. The molecule has 0 saturated carbocycles. The number of isothiocyanates is 1. The first-order chi connectivity index (χ1) is 8.64. The summed E-state index contributed by atoms with van der Waals surface area (Å²) in [5.74, 6) is 0.842. The molecule has 0 saturated heterocycles. The molecule has 104 valence electrons. The zero-order valence-corrected chi connectivity index (χ0v) is 14.3. The molecule has 19 heavy (non-hydrogen) atoms. The van der Waals surface area contributed by atoms with Crippen LogP contribution in [0, 0.1) is 0 Å². The van der Waals surface area contributed by atoms with E-state index < -0.39 is 7.64 Å². The van der Waals surface area contributed by atoms with Crippen LogP contribution in [0.15, 0.2) is 35.1 Å². The molecular weight excluding hydrogens is 273 g/mol. The molecule has 0 bridgehead atoms. The monoisotopic (exact) mass is 296 g/mol. The lowest BCUT2D eigenvalue weighted by atomic mass is 10.2. The quantitative estimate of drug-likeness (QED) is 0.410. The average Bonchev–Trinajstić information content (AvgIpc) is 2.26. The number of thiocarbonyl (C=S) groups is 1. The van der Waals surface area contributed by atoms with Gasteiger partial charge in [-0.25, -0.2) is 0 Å². The SMILES string of the molecule is CC(C)(C)[P+](N=C=S)(Oc1ccccc1)C(C)(C)C. The molecule has 0 aliphatic rings. The molecule has 0 radical (unpaired) electrons. The summed E-state index contributed by atoms with van der Waals surface area (Å²) in [6, 6.07) is 9.84. The molecule has 0 unspecified atom stereocenters. The van der Waals surface area contributed by atoms with E-state index in [2.05, 4.69) is 51.5 Å². The first kappa shape index (κ1) is 16.3. The van der Waals surface area contributed by atoms with Gasteiger partial charge in [0, 0.05) is 0 Å². The molecule has 1 rings (SSSR count). The number of nitrogens with zero attached hydrogens (tertiary/aromatic N) is 1. The van der Waals surface area contributed by atoms with Crippen LogP contribution in [0.4, 0.5) is 0 Å². The molecule has 4 heteroatoms. The molecule has 0 atom stereocenters. The minimum Gasteiger partial charge on any atom is -0.323 e. The van der Waals surface area contributed by atoms with Crippen molar-refractivity contribution in [3.05, 3.63) is 30.3 Å². The van der Waals surface area contributed by atoms with Gasteiger partial charge in [0.2, 0.25) is 0 Å². The molecule has 1 aromatic rings. The Kier molecular flexibility index (Phi) is 4.90. The van der Waals surface area contributed by atoms with Crippen molar-refractivity contribution in [1.29, 1.82) is 0 Å². The van der Waals surface area contributed by atoms with E-state index in [1.165, 1.54) is 0 Å². The zero-order chi connectivity index (χ0) is 14.7. The van der Waals surface area contributed by atoms with Crippen LogP contribution >= 0.6 is 19.9 Å². The molecule has 2 nitrogen and oxygen atoms in total. The second-order valence-electron chi connectivity index (χ2n) is 6.51. The van der Waals surface area contributed by atoms with Crippen molar-refractivity contribution in [1.82, 2.24) is 0 Å². The summed E-state index contributed by atoms with van der Waals surface area (Å²) < 4.78 is 10.9. The first-order valence-electron chi connectivity index (χ1n) is 6.37. The first-order valence-corrected chi connectivity index (χ1v) is 8.44. The minimum absolute atomic E-state index is 0.104. The van der Waals surface area contributed by atoms with E-state index in [1.54, 1.807) is 0 Å². The Morgan fingerprint density at radius 2 is 1.47 bits per heavy atom. The highest BCUT2D eigenvalue weighted by molar-refractivity contribution is 7.79. The van der Waals surface area contributed by atoms with Crippen LogP contribution < -0.4 is 4.52 Å². The summed E-state index contributed by atoms with van der Waals surface area (Å²) in [6.45, 7) is 12.9. The Morgan fingerprint density at radius 1 is 1.00 bits per heavy atom. The summed E-state index contributed by atoms with van der Waals surface area (Å²) >= 11 is 4.89. The third-order valence-electron chi connectivity index (χ3n) is 2.98. The van der Waals surface area contributed by atoms with Gasteiger partial charge in [0.05, 0.1) is 0 Å². The van der Waals surface area contributed by atoms with E-state index in [0.717, 1.165) is 5.75 Å². The highest BCUT2D eigenvalue weighted by Gasteiger charge is 2.63. The largest absolute Gasteiger partial charge is 0.328 e. The fourth-order valence-corrected chi connectivity index (χ4v) is 6.38. The van der Waals surface area contributed by atoms with Crippen molar-refractivity contribution < 1.29 is 4.52 Å². The lowest BCUT2D eigenvalue weighted by Gasteiger charge is -2.39. The summed E-state index contributed by atoms with van der Waals surface area (Å²) in [6.07, 6.45) is 0. The average molecular weight is 296 g/mol. The lowest BCUT2D eigenvalue weighted by Crippen LogP contribution is -2.35. The zero-order valence-electron chi connectivity index (χ0n) is 12.6. The molecular formula is C15H23NOPS+. The van der Waals surface area contributed by atoms with Crippen LogP contribution in [-0.2, 0) is 0 Å². The Labute approximate surface area is 122 Å². The maximum absolute atomic E-state index is 6.39.